The maximum atomic E-state index is 11.8. The van der Waals surface area contributed by atoms with E-state index in [0.717, 1.165) is 10.9 Å². The molecule has 0 heterocycles. The first-order chi connectivity index (χ1) is 10.1. The molecule has 0 atom stereocenters. The van der Waals surface area contributed by atoms with Gasteiger partial charge in [-0.1, -0.05) is 24.6 Å². The van der Waals surface area contributed by atoms with Crippen LogP contribution in [0.2, 0.25) is 5.02 Å². The predicted octanol–water partition coefficient (Wildman–Crippen LogP) is 4.68. The second-order valence-corrected chi connectivity index (χ2v) is 5.75. The van der Waals surface area contributed by atoms with E-state index in [0.29, 0.717) is 16.5 Å². The summed E-state index contributed by atoms with van der Waals surface area (Å²) in [6.07, 6.45) is 0.954. The molecule has 2 rings (SSSR count). The molecule has 0 aliphatic rings. The Morgan fingerprint density at radius 1 is 1.24 bits per heavy atom. The second kappa shape index (κ2) is 7.48. The van der Waals surface area contributed by atoms with E-state index in [1.165, 1.54) is 5.56 Å². The maximum absolute atomic E-state index is 11.8. The first kappa shape index (κ1) is 15.9. The number of aryl methyl sites for hydroxylation is 1. The van der Waals surface area contributed by atoms with Gasteiger partial charge >= 0.3 is 0 Å². The van der Waals surface area contributed by atoms with Crippen molar-refractivity contribution >= 4 is 39.1 Å². The van der Waals surface area contributed by atoms with Crippen LogP contribution in [0.3, 0.4) is 0 Å². The molecule has 0 spiro atoms. The van der Waals surface area contributed by atoms with Crippen LogP contribution in [0.1, 0.15) is 12.5 Å². The van der Waals surface area contributed by atoms with Crippen molar-refractivity contribution < 1.29 is 9.53 Å². The molecule has 1 amide bonds. The van der Waals surface area contributed by atoms with Crippen LogP contribution in [0.4, 0.5) is 5.69 Å². The summed E-state index contributed by atoms with van der Waals surface area (Å²) in [5.41, 5.74) is 1.90. The van der Waals surface area contributed by atoms with Crippen molar-refractivity contribution in [2.24, 2.45) is 0 Å². The summed E-state index contributed by atoms with van der Waals surface area (Å²) in [7, 11) is 0. The van der Waals surface area contributed by atoms with Crippen LogP contribution in [0.25, 0.3) is 0 Å². The van der Waals surface area contributed by atoms with Gasteiger partial charge < -0.3 is 10.1 Å². The largest absolute Gasteiger partial charge is 0.483 e. The minimum Gasteiger partial charge on any atom is -0.483 e. The van der Waals surface area contributed by atoms with Crippen molar-refractivity contribution in [2.45, 2.75) is 13.3 Å². The second-order valence-electron chi connectivity index (χ2n) is 4.46. The van der Waals surface area contributed by atoms with E-state index < -0.39 is 0 Å². The van der Waals surface area contributed by atoms with Crippen LogP contribution >= 0.6 is 27.5 Å². The summed E-state index contributed by atoms with van der Waals surface area (Å²) in [6.45, 7) is 2.04. The molecule has 0 bridgehead atoms. The molecule has 1 N–H and O–H groups in total. The number of hydrogen-bond donors (Lipinski definition) is 1. The van der Waals surface area contributed by atoms with Crippen LogP contribution in [0, 0.1) is 0 Å². The molecule has 5 heteroatoms. The Balaban J connectivity index is 1.90. The highest BCUT2D eigenvalue weighted by Gasteiger charge is 2.06. The maximum Gasteiger partial charge on any atom is 0.262 e. The quantitative estimate of drug-likeness (QED) is 0.832. The lowest BCUT2D eigenvalue weighted by molar-refractivity contribution is -0.118. The van der Waals surface area contributed by atoms with Gasteiger partial charge in [0.2, 0.25) is 0 Å². The van der Waals surface area contributed by atoms with Gasteiger partial charge in [-0.25, -0.2) is 0 Å². The molecule has 110 valence electrons. The van der Waals surface area contributed by atoms with E-state index in [1.54, 1.807) is 24.3 Å². The van der Waals surface area contributed by atoms with Gasteiger partial charge in [0.05, 0.1) is 4.47 Å². The Morgan fingerprint density at radius 3 is 2.57 bits per heavy atom. The fourth-order valence-corrected chi connectivity index (χ4v) is 2.42. The van der Waals surface area contributed by atoms with E-state index >= 15 is 0 Å². The highest BCUT2D eigenvalue weighted by molar-refractivity contribution is 9.10. The summed E-state index contributed by atoms with van der Waals surface area (Å²) in [4.78, 5) is 11.8. The number of halogens is 2. The highest BCUT2D eigenvalue weighted by atomic mass is 79.9. The Labute approximate surface area is 137 Å². The van der Waals surface area contributed by atoms with Gasteiger partial charge in [0.1, 0.15) is 5.75 Å². The van der Waals surface area contributed by atoms with Crippen molar-refractivity contribution in [2.75, 3.05) is 11.9 Å². The van der Waals surface area contributed by atoms with Crippen LogP contribution in [0.5, 0.6) is 5.75 Å². The van der Waals surface area contributed by atoms with Gasteiger partial charge in [0, 0.05) is 10.7 Å². The summed E-state index contributed by atoms with van der Waals surface area (Å²) in [5, 5.41) is 3.37. The fourth-order valence-electron chi connectivity index (χ4n) is 1.75. The molecular weight excluding hydrogens is 354 g/mol. The number of hydrogen-bond acceptors (Lipinski definition) is 2. The topological polar surface area (TPSA) is 38.3 Å². The summed E-state index contributed by atoms with van der Waals surface area (Å²) in [5.74, 6) is 0.433. The van der Waals surface area contributed by atoms with Crippen LogP contribution in [-0.2, 0) is 11.2 Å². The molecule has 0 aliphatic carbocycles. The van der Waals surface area contributed by atoms with Gasteiger partial charge in [-0.3, -0.25) is 4.79 Å². The van der Waals surface area contributed by atoms with Gasteiger partial charge in [-0.05, 0) is 64.3 Å². The van der Waals surface area contributed by atoms with E-state index in [2.05, 4.69) is 28.2 Å². The van der Waals surface area contributed by atoms with Crippen molar-refractivity contribution in [3.8, 4) is 5.75 Å². The number of carbonyl (C=O) groups is 1. The molecule has 0 saturated heterocycles. The van der Waals surface area contributed by atoms with Crippen molar-refractivity contribution in [3.05, 3.63) is 57.5 Å². The summed E-state index contributed by atoms with van der Waals surface area (Å²) >= 11 is 9.23. The van der Waals surface area contributed by atoms with E-state index in [1.807, 2.05) is 18.2 Å². The predicted molar refractivity (Wildman–Crippen MR) is 89.1 cm³/mol. The monoisotopic (exact) mass is 367 g/mol. The van der Waals surface area contributed by atoms with Crippen molar-refractivity contribution in [1.29, 1.82) is 0 Å². The van der Waals surface area contributed by atoms with Crippen LogP contribution < -0.4 is 10.1 Å². The molecular formula is C16H15BrClNO2. The first-order valence-electron chi connectivity index (χ1n) is 6.55. The number of benzene rings is 2. The minimum absolute atomic E-state index is 0.0489. The van der Waals surface area contributed by atoms with Gasteiger partial charge in [0.15, 0.2) is 6.61 Å². The average molecular weight is 369 g/mol. The molecule has 21 heavy (non-hydrogen) atoms. The Bertz CT molecular complexity index is 629. The van der Waals surface area contributed by atoms with E-state index in [-0.39, 0.29) is 12.5 Å². The Kier molecular flexibility index (Phi) is 5.65. The van der Waals surface area contributed by atoms with Gasteiger partial charge in [-0.15, -0.1) is 0 Å². The van der Waals surface area contributed by atoms with E-state index in [9.17, 15) is 4.79 Å². The Hall–Kier alpha value is -1.52. The Morgan fingerprint density at radius 2 is 1.95 bits per heavy atom. The summed E-state index contributed by atoms with van der Waals surface area (Å²) < 4.78 is 6.36. The lowest BCUT2D eigenvalue weighted by atomic mass is 10.2. The smallest absolute Gasteiger partial charge is 0.262 e. The third kappa shape index (κ3) is 4.76. The fraction of sp³-hybridized carbons (Fsp3) is 0.188. The van der Waals surface area contributed by atoms with Gasteiger partial charge in [0.25, 0.3) is 5.91 Å². The molecule has 2 aromatic carbocycles. The van der Waals surface area contributed by atoms with Crippen LogP contribution in [-0.4, -0.2) is 12.5 Å². The lowest BCUT2D eigenvalue weighted by Gasteiger charge is -2.10. The molecule has 3 nitrogen and oxygen atoms in total. The first-order valence-corrected chi connectivity index (χ1v) is 7.72. The summed E-state index contributed by atoms with van der Waals surface area (Å²) in [6, 6.07) is 12.8. The third-order valence-electron chi connectivity index (χ3n) is 2.89. The number of anilines is 1. The van der Waals surface area contributed by atoms with Gasteiger partial charge in [-0.2, -0.15) is 0 Å². The molecule has 0 radical (unpaired) electrons. The molecule has 0 fully saturated rings. The lowest BCUT2D eigenvalue weighted by Crippen LogP contribution is -2.20. The van der Waals surface area contributed by atoms with Crippen molar-refractivity contribution in [3.63, 3.8) is 0 Å². The standard InChI is InChI=1S/C16H15BrClNO2/c1-2-11-3-8-15(14(17)9-11)21-10-16(20)19-13-6-4-12(18)5-7-13/h3-9H,2,10H2,1H3,(H,19,20). The zero-order valence-electron chi connectivity index (χ0n) is 11.5. The number of ether oxygens (including phenoxy) is 1. The molecule has 0 aromatic heterocycles. The normalized spacial score (nSPS) is 10.2. The molecule has 2 aromatic rings. The number of amides is 1. The molecule has 0 saturated carbocycles. The van der Waals surface area contributed by atoms with E-state index in [4.69, 9.17) is 16.3 Å². The zero-order chi connectivity index (χ0) is 15.2. The molecule has 0 unspecified atom stereocenters. The van der Waals surface area contributed by atoms with Crippen molar-refractivity contribution in [1.82, 2.24) is 0 Å². The zero-order valence-corrected chi connectivity index (χ0v) is 13.9. The third-order valence-corrected chi connectivity index (χ3v) is 3.76. The average Bonchev–Trinajstić information content (AvgIpc) is 2.48. The van der Waals surface area contributed by atoms with Crippen LogP contribution in [0.15, 0.2) is 46.9 Å². The highest BCUT2D eigenvalue weighted by Crippen LogP contribution is 2.26. The minimum atomic E-state index is -0.219. The number of nitrogens with one attached hydrogen (secondary N) is 1. The number of rotatable bonds is 5. The molecule has 0 aliphatic heterocycles. The number of carbonyl (C=O) groups excluding carboxylic acids is 1. The SMILES string of the molecule is CCc1ccc(OCC(=O)Nc2ccc(Cl)cc2)c(Br)c1.